The lowest BCUT2D eigenvalue weighted by atomic mass is 10.0. The molecule has 1 N–H and O–H groups in total. The van der Waals surface area contributed by atoms with Crippen LogP contribution in [0, 0.1) is 6.92 Å². The molecule has 0 radical (unpaired) electrons. The van der Waals surface area contributed by atoms with Crippen molar-refractivity contribution in [3.63, 3.8) is 0 Å². The van der Waals surface area contributed by atoms with Crippen LogP contribution in [0.3, 0.4) is 0 Å². The first-order valence-corrected chi connectivity index (χ1v) is 7.61. The van der Waals surface area contributed by atoms with E-state index in [2.05, 4.69) is 30.2 Å². The minimum atomic E-state index is -0.212. The fraction of sp³-hybridized carbons (Fsp3) is 0.625. The van der Waals surface area contributed by atoms with E-state index in [4.69, 9.17) is 4.74 Å². The molecule has 2 heterocycles. The van der Waals surface area contributed by atoms with Crippen molar-refractivity contribution in [3.05, 3.63) is 29.6 Å². The van der Waals surface area contributed by atoms with Crippen molar-refractivity contribution < 1.29 is 9.53 Å². The standard InChI is InChI=1S/C16H25N3O2/c1-4-16(3)12-19(9-10-21-16)15(20)17-8-7-14-6-5-13(2)18-11-14/h5-6,11H,4,7-10,12H2,1-3H3,(H,17,20)/t16-/m0/s1. The number of aromatic nitrogens is 1. The molecule has 1 fully saturated rings. The highest BCUT2D eigenvalue weighted by Gasteiger charge is 2.32. The van der Waals surface area contributed by atoms with Crippen molar-refractivity contribution in [2.45, 2.75) is 39.2 Å². The fourth-order valence-corrected chi connectivity index (χ4v) is 2.39. The number of ether oxygens (including phenoxy) is 1. The van der Waals surface area contributed by atoms with Gasteiger partial charge in [-0.05, 0) is 38.3 Å². The van der Waals surface area contributed by atoms with E-state index in [0.29, 0.717) is 26.2 Å². The Balaban J connectivity index is 1.78. The van der Waals surface area contributed by atoms with Gasteiger partial charge in [-0.3, -0.25) is 4.98 Å². The lowest BCUT2D eigenvalue weighted by molar-refractivity contribution is -0.0872. The third-order valence-electron chi connectivity index (χ3n) is 4.03. The molecule has 1 saturated heterocycles. The van der Waals surface area contributed by atoms with Crippen LogP contribution in [0.1, 0.15) is 31.5 Å². The number of hydrogen-bond acceptors (Lipinski definition) is 3. The maximum atomic E-state index is 12.2. The van der Waals surface area contributed by atoms with Gasteiger partial charge in [0.2, 0.25) is 0 Å². The zero-order chi connectivity index (χ0) is 15.3. The monoisotopic (exact) mass is 291 g/mol. The second-order valence-corrected chi connectivity index (χ2v) is 5.86. The zero-order valence-electron chi connectivity index (χ0n) is 13.2. The van der Waals surface area contributed by atoms with Crippen LogP contribution in [0.5, 0.6) is 0 Å². The van der Waals surface area contributed by atoms with Crippen LogP contribution in [-0.2, 0) is 11.2 Å². The van der Waals surface area contributed by atoms with Crippen LogP contribution >= 0.6 is 0 Å². The van der Waals surface area contributed by atoms with E-state index in [-0.39, 0.29) is 11.6 Å². The summed E-state index contributed by atoms with van der Waals surface area (Å²) in [6.07, 6.45) is 3.57. The Hall–Kier alpha value is -1.62. The maximum absolute atomic E-state index is 12.2. The Morgan fingerprint density at radius 1 is 1.52 bits per heavy atom. The van der Waals surface area contributed by atoms with Crippen LogP contribution in [0.25, 0.3) is 0 Å². The predicted molar refractivity (Wildman–Crippen MR) is 82.3 cm³/mol. The molecule has 2 rings (SSSR count). The van der Waals surface area contributed by atoms with Gasteiger partial charge in [0, 0.05) is 25.0 Å². The van der Waals surface area contributed by atoms with Gasteiger partial charge in [0.05, 0.1) is 18.8 Å². The summed E-state index contributed by atoms with van der Waals surface area (Å²) in [6, 6.07) is 4.04. The SMILES string of the molecule is CC[C@@]1(C)CN(C(=O)NCCc2ccc(C)nc2)CCO1. The first kappa shape index (κ1) is 15.8. The summed E-state index contributed by atoms with van der Waals surface area (Å²) in [7, 11) is 0. The van der Waals surface area contributed by atoms with Crippen molar-refractivity contribution >= 4 is 6.03 Å². The molecule has 21 heavy (non-hydrogen) atoms. The smallest absolute Gasteiger partial charge is 0.317 e. The average Bonchev–Trinajstić information content (AvgIpc) is 2.49. The largest absolute Gasteiger partial charge is 0.372 e. The second-order valence-electron chi connectivity index (χ2n) is 5.86. The fourth-order valence-electron chi connectivity index (χ4n) is 2.39. The third-order valence-corrected chi connectivity index (χ3v) is 4.03. The first-order chi connectivity index (χ1) is 10.0. The zero-order valence-corrected chi connectivity index (χ0v) is 13.2. The van der Waals surface area contributed by atoms with Gasteiger partial charge in [-0.1, -0.05) is 13.0 Å². The molecular weight excluding hydrogens is 266 g/mol. The summed E-state index contributed by atoms with van der Waals surface area (Å²) in [6.45, 7) is 8.67. The molecule has 1 aromatic heterocycles. The molecule has 5 nitrogen and oxygen atoms in total. The Bertz CT molecular complexity index is 475. The van der Waals surface area contributed by atoms with Gasteiger partial charge in [0.1, 0.15) is 0 Å². The Morgan fingerprint density at radius 2 is 2.33 bits per heavy atom. The molecule has 0 unspecified atom stereocenters. The number of aryl methyl sites for hydroxylation is 1. The first-order valence-electron chi connectivity index (χ1n) is 7.61. The minimum Gasteiger partial charge on any atom is -0.372 e. The summed E-state index contributed by atoms with van der Waals surface area (Å²) < 4.78 is 5.75. The number of nitrogens with zero attached hydrogens (tertiary/aromatic N) is 2. The highest BCUT2D eigenvalue weighted by Crippen LogP contribution is 2.20. The number of pyridine rings is 1. The van der Waals surface area contributed by atoms with Gasteiger partial charge >= 0.3 is 6.03 Å². The quantitative estimate of drug-likeness (QED) is 0.924. The van der Waals surface area contributed by atoms with Crippen LogP contribution < -0.4 is 5.32 Å². The molecule has 1 atom stereocenters. The lowest BCUT2D eigenvalue weighted by Crippen LogP contribution is -2.54. The molecule has 0 bridgehead atoms. The Morgan fingerprint density at radius 3 is 3.00 bits per heavy atom. The van der Waals surface area contributed by atoms with Crippen LogP contribution in [0.2, 0.25) is 0 Å². The molecule has 1 aliphatic heterocycles. The number of morpholine rings is 1. The van der Waals surface area contributed by atoms with Crippen LogP contribution in [-0.4, -0.2) is 47.8 Å². The van der Waals surface area contributed by atoms with Gasteiger partial charge in [-0.25, -0.2) is 4.79 Å². The Labute approximate surface area is 126 Å². The third kappa shape index (κ3) is 4.43. The van der Waals surface area contributed by atoms with Gasteiger partial charge in [-0.2, -0.15) is 0 Å². The van der Waals surface area contributed by atoms with Gasteiger partial charge in [0.15, 0.2) is 0 Å². The summed E-state index contributed by atoms with van der Waals surface area (Å²) >= 11 is 0. The summed E-state index contributed by atoms with van der Waals surface area (Å²) in [5, 5.41) is 2.98. The summed E-state index contributed by atoms with van der Waals surface area (Å²) in [4.78, 5) is 18.3. The van der Waals surface area contributed by atoms with Gasteiger partial charge < -0.3 is 15.0 Å². The number of amides is 2. The van der Waals surface area contributed by atoms with Crippen molar-refractivity contribution in [1.82, 2.24) is 15.2 Å². The number of hydrogen-bond donors (Lipinski definition) is 1. The van der Waals surface area contributed by atoms with E-state index in [1.54, 1.807) is 0 Å². The molecule has 0 saturated carbocycles. The van der Waals surface area contributed by atoms with E-state index in [9.17, 15) is 4.79 Å². The molecule has 5 heteroatoms. The van der Waals surface area contributed by atoms with E-state index in [0.717, 1.165) is 24.1 Å². The molecule has 0 aliphatic carbocycles. The summed E-state index contributed by atoms with van der Waals surface area (Å²) in [5.74, 6) is 0. The number of urea groups is 1. The number of carbonyl (C=O) groups is 1. The highest BCUT2D eigenvalue weighted by atomic mass is 16.5. The Kier molecular flexibility index (Phi) is 5.17. The highest BCUT2D eigenvalue weighted by molar-refractivity contribution is 5.74. The molecule has 0 spiro atoms. The van der Waals surface area contributed by atoms with Gasteiger partial charge in [0.25, 0.3) is 0 Å². The topological polar surface area (TPSA) is 54.5 Å². The van der Waals surface area contributed by atoms with Crippen LogP contribution in [0.15, 0.2) is 18.3 Å². The van der Waals surface area contributed by atoms with Crippen molar-refractivity contribution in [1.29, 1.82) is 0 Å². The molecule has 1 aromatic rings. The minimum absolute atomic E-state index is 0.00181. The molecule has 1 aliphatic rings. The van der Waals surface area contributed by atoms with Crippen molar-refractivity contribution in [2.75, 3.05) is 26.2 Å². The lowest BCUT2D eigenvalue weighted by Gasteiger charge is -2.39. The number of rotatable bonds is 4. The number of nitrogens with one attached hydrogen (secondary N) is 1. The molecule has 0 aromatic carbocycles. The van der Waals surface area contributed by atoms with Crippen LogP contribution in [0.4, 0.5) is 4.79 Å². The average molecular weight is 291 g/mol. The molecule has 2 amide bonds. The summed E-state index contributed by atoms with van der Waals surface area (Å²) in [5.41, 5.74) is 1.94. The predicted octanol–water partition coefficient (Wildman–Crippen LogP) is 2.14. The second kappa shape index (κ2) is 6.89. The van der Waals surface area contributed by atoms with Gasteiger partial charge in [-0.15, -0.1) is 0 Å². The van der Waals surface area contributed by atoms with E-state index >= 15 is 0 Å². The normalized spacial score (nSPS) is 22.1. The van der Waals surface area contributed by atoms with Crippen molar-refractivity contribution in [3.8, 4) is 0 Å². The van der Waals surface area contributed by atoms with Crippen molar-refractivity contribution in [2.24, 2.45) is 0 Å². The van der Waals surface area contributed by atoms with E-state index in [1.807, 2.05) is 24.1 Å². The maximum Gasteiger partial charge on any atom is 0.317 e. The molecule has 116 valence electrons. The van der Waals surface area contributed by atoms with E-state index < -0.39 is 0 Å². The number of carbonyl (C=O) groups excluding carboxylic acids is 1. The molecular formula is C16H25N3O2. The van der Waals surface area contributed by atoms with E-state index in [1.165, 1.54) is 0 Å².